The second kappa shape index (κ2) is 10.3. The molecular weight excluding hydrogens is 432 g/mol. The molecule has 2 heterocycles. The van der Waals surface area contributed by atoms with E-state index in [2.05, 4.69) is 20.5 Å². The third kappa shape index (κ3) is 6.43. The van der Waals surface area contributed by atoms with Crippen LogP contribution in [0.1, 0.15) is 43.4 Å². The molecule has 1 saturated heterocycles. The molecule has 0 aliphatic carbocycles. The summed E-state index contributed by atoms with van der Waals surface area (Å²) in [5, 5.41) is 11.6. The van der Waals surface area contributed by atoms with Crippen LogP contribution in [0.4, 0.5) is 4.79 Å². The van der Waals surface area contributed by atoms with Gasteiger partial charge >= 0.3 is 6.09 Å². The van der Waals surface area contributed by atoms with Crippen molar-refractivity contribution < 1.29 is 14.3 Å². The minimum Gasteiger partial charge on any atom is -0.444 e. The summed E-state index contributed by atoms with van der Waals surface area (Å²) in [6.07, 6.45) is 0.547. The second-order valence-electron chi connectivity index (χ2n) is 8.83. The number of rotatable bonds is 6. The lowest BCUT2D eigenvalue weighted by Gasteiger charge is -2.35. The SMILES string of the molecule is Cc1c(C(=O)NCCCN2CCN(C(=O)OC(C)(C)C)CC2)nnn1-c1cccc(Cl)c1. The van der Waals surface area contributed by atoms with Gasteiger partial charge in [0.05, 0.1) is 11.4 Å². The van der Waals surface area contributed by atoms with Crippen LogP contribution in [0.2, 0.25) is 5.02 Å². The van der Waals surface area contributed by atoms with E-state index in [-0.39, 0.29) is 12.0 Å². The van der Waals surface area contributed by atoms with Crippen LogP contribution in [0.15, 0.2) is 24.3 Å². The topological polar surface area (TPSA) is 92.6 Å². The number of ether oxygens (including phenoxy) is 1. The average molecular weight is 463 g/mol. The minimum atomic E-state index is -0.482. The number of hydrogen-bond donors (Lipinski definition) is 1. The van der Waals surface area contributed by atoms with Crippen LogP contribution in [0.25, 0.3) is 5.69 Å². The third-order valence-corrected chi connectivity index (χ3v) is 5.36. The fraction of sp³-hybridized carbons (Fsp3) is 0.545. The third-order valence-electron chi connectivity index (χ3n) is 5.12. The van der Waals surface area contributed by atoms with Crippen molar-refractivity contribution in [2.24, 2.45) is 0 Å². The van der Waals surface area contributed by atoms with Crippen LogP contribution in [0, 0.1) is 6.92 Å². The second-order valence-corrected chi connectivity index (χ2v) is 9.27. The van der Waals surface area contributed by atoms with Gasteiger partial charge < -0.3 is 15.0 Å². The van der Waals surface area contributed by atoms with Gasteiger partial charge in [0.25, 0.3) is 5.91 Å². The molecule has 32 heavy (non-hydrogen) atoms. The summed E-state index contributed by atoms with van der Waals surface area (Å²) in [7, 11) is 0. The molecule has 2 amide bonds. The number of aromatic nitrogens is 3. The summed E-state index contributed by atoms with van der Waals surface area (Å²) in [4.78, 5) is 28.7. The van der Waals surface area contributed by atoms with Crippen molar-refractivity contribution in [3.05, 3.63) is 40.7 Å². The van der Waals surface area contributed by atoms with Crippen molar-refractivity contribution in [1.82, 2.24) is 30.1 Å². The normalized spacial score (nSPS) is 15.0. The number of benzene rings is 1. The molecule has 1 aliphatic heterocycles. The van der Waals surface area contributed by atoms with E-state index in [0.29, 0.717) is 36.0 Å². The van der Waals surface area contributed by atoms with E-state index in [1.807, 2.05) is 32.9 Å². The molecule has 10 heteroatoms. The number of halogens is 1. The van der Waals surface area contributed by atoms with Crippen molar-refractivity contribution in [2.75, 3.05) is 39.3 Å². The number of hydrogen-bond acceptors (Lipinski definition) is 6. The minimum absolute atomic E-state index is 0.245. The predicted octanol–water partition coefficient (Wildman–Crippen LogP) is 2.90. The van der Waals surface area contributed by atoms with Crippen LogP contribution >= 0.6 is 11.6 Å². The fourth-order valence-electron chi connectivity index (χ4n) is 3.46. The molecule has 1 N–H and O–H groups in total. The van der Waals surface area contributed by atoms with Crippen LogP contribution < -0.4 is 5.32 Å². The first-order chi connectivity index (χ1) is 15.1. The monoisotopic (exact) mass is 462 g/mol. The molecule has 0 bridgehead atoms. The van der Waals surface area contributed by atoms with Crippen molar-refractivity contribution in [1.29, 1.82) is 0 Å². The molecule has 1 fully saturated rings. The van der Waals surface area contributed by atoms with Gasteiger partial charge in [-0.05, 0) is 58.9 Å². The zero-order valence-electron chi connectivity index (χ0n) is 19.1. The highest BCUT2D eigenvalue weighted by atomic mass is 35.5. The Balaban J connectivity index is 1.41. The van der Waals surface area contributed by atoms with Gasteiger partial charge in [0.15, 0.2) is 5.69 Å². The molecule has 0 atom stereocenters. The van der Waals surface area contributed by atoms with Crippen LogP contribution in [0.5, 0.6) is 0 Å². The van der Waals surface area contributed by atoms with Gasteiger partial charge in [0.1, 0.15) is 5.60 Å². The molecular formula is C22H31ClN6O3. The highest BCUT2D eigenvalue weighted by molar-refractivity contribution is 6.30. The molecule has 0 saturated carbocycles. The molecule has 9 nitrogen and oxygen atoms in total. The van der Waals surface area contributed by atoms with Gasteiger partial charge in [-0.1, -0.05) is 22.9 Å². The van der Waals surface area contributed by atoms with E-state index in [1.165, 1.54) is 0 Å². The Bertz CT molecular complexity index is 947. The van der Waals surface area contributed by atoms with Crippen molar-refractivity contribution in [2.45, 2.75) is 39.7 Å². The first-order valence-electron chi connectivity index (χ1n) is 10.8. The van der Waals surface area contributed by atoms with Gasteiger partial charge in [0, 0.05) is 37.7 Å². The summed E-state index contributed by atoms with van der Waals surface area (Å²) < 4.78 is 7.03. The summed E-state index contributed by atoms with van der Waals surface area (Å²) in [5.41, 5.74) is 1.23. The molecule has 0 spiro atoms. The fourth-order valence-corrected chi connectivity index (χ4v) is 3.65. The summed E-state index contributed by atoms with van der Waals surface area (Å²) in [5.74, 6) is -0.245. The smallest absolute Gasteiger partial charge is 0.410 e. The number of amides is 2. The first kappa shape index (κ1) is 24.0. The molecule has 1 aromatic heterocycles. The highest BCUT2D eigenvalue weighted by Gasteiger charge is 2.25. The molecule has 3 rings (SSSR count). The molecule has 1 aromatic carbocycles. The Hall–Kier alpha value is -2.65. The number of carbonyl (C=O) groups excluding carboxylic acids is 2. The Morgan fingerprint density at radius 3 is 2.56 bits per heavy atom. The molecule has 2 aromatic rings. The number of carbonyl (C=O) groups is 2. The van der Waals surface area contributed by atoms with Crippen molar-refractivity contribution in [3.63, 3.8) is 0 Å². The molecule has 174 valence electrons. The summed E-state index contributed by atoms with van der Waals surface area (Å²) >= 11 is 6.04. The average Bonchev–Trinajstić information content (AvgIpc) is 3.11. The van der Waals surface area contributed by atoms with Crippen LogP contribution in [-0.4, -0.2) is 81.7 Å². The van der Waals surface area contributed by atoms with E-state index in [1.54, 1.807) is 28.6 Å². The van der Waals surface area contributed by atoms with Crippen LogP contribution in [0.3, 0.4) is 0 Å². The van der Waals surface area contributed by atoms with Crippen molar-refractivity contribution in [3.8, 4) is 5.69 Å². The lowest BCUT2D eigenvalue weighted by Crippen LogP contribution is -2.50. The van der Waals surface area contributed by atoms with E-state index in [0.717, 1.165) is 31.7 Å². The van der Waals surface area contributed by atoms with Crippen molar-refractivity contribution >= 4 is 23.6 Å². The quantitative estimate of drug-likeness (QED) is 0.663. The van der Waals surface area contributed by atoms with Gasteiger partial charge in [-0.15, -0.1) is 5.10 Å². The molecule has 0 radical (unpaired) electrons. The number of nitrogens with one attached hydrogen (secondary N) is 1. The Morgan fingerprint density at radius 2 is 1.91 bits per heavy atom. The van der Waals surface area contributed by atoms with E-state index < -0.39 is 5.60 Å². The summed E-state index contributed by atoms with van der Waals surface area (Å²) in [6.45, 7) is 11.7. The van der Waals surface area contributed by atoms with Gasteiger partial charge in [0.2, 0.25) is 0 Å². The zero-order valence-corrected chi connectivity index (χ0v) is 19.9. The Morgan fingerprint density at radius 1 is 1.19 bits per heavy atom. The van der Waals surface area contributed by atoms with Gasteiger partial charge in [-0.25, -0.2) is 9.48 Å². The summed E-state index contributed by atoms with van der Waals surface area (Å²) in [6, 6.07) is 7.24. The van der Waals surface area contributed by atoms with Gasteiger partial charge in [-0.3, -0.25) is 9.69 Å². The van der Waals surface area contributed by atoms with E-state index in [4.69, 9.17) is 16.3 Å². The molecule has 0 unspecified atom stereocenters. The Labute approximate surface area is 193 Å². The maximum atomic E-state index is 12.5. The van der Waals surface area contributed by atoms with E-state index in [9.17, 15) is 9.59 Å². The highest BCUT2D eigenvalue weighted by Crippen LogP contribution is 2.17. The largest absolute Gasteiger partial charge is 0.444 e. The van der Waals surface area contributed by atoms with Gasteiger partial charge in [-0.2, -0.15) is 0 Å². The first-order valence-corrected chi connectivity index (χ1v) is 11.2. The van der Waals surface area contributed by atoms with E-state index >= 15 is 0 Å². The Kier molecular flexibility index (Phi) is 7.73. The predicted molar refractivity (Wildman–Crippen MR) is 122 cm³/mol. The number of piperazine rings is 1. The maximum absolute atomic E-state index is 12.5. The standard InChI is InChI=1S/C22H31ClN6O3/c1-16-19(25-26-29(16)18-8-5-7-17(23)15-18)20(30)24-9-6-10-27-11-13-28(14-12-27)21(31)32-22(2,3)4/h5,7-8,15H,6,9-14H2,1-4H3,(H,24,30). The lowest BCUT2D eigenvalue weighted by molar-refractivity contribution is 0.0144. The van der Waals surface area contributed by atoms with Crippen LogP contribution in [-0.2, 0) is 4.74 Å². The maximum Gasteiger partial charge on any atom is 0.410 e. The molecule has 1 aliphatic rings. The lowest BCUT2D eigenvalue weighted by atomic mass is 10.2. The number of nitrogens with zero attached hydrogens (tertiary/aromatic N) is 5. The zero-order chi connectivity index (χ0) is 23.3.